The lowest BCUT2D eigenvalue weighted by atomic mass is 10.3. The summed E-state index contributed by atoms with van der Waals surface area (Å²) in [4.78, 5) is 6.92. The summed E-state index contributed by atoms with van der Waals surface area (Å²) in [7, 11) is 2.16. The van der Waals surface area contributed by atoms with E-state index in [1.165, 1.54) is 4.70 Å². The highest BCUT2D eigenvalue weighted by molar-refractivity contribution is 7.22. The van der Waals surface area contributed by atoms with Gasteiger partial charge in [-0.1, -0.05) is 23.5 Å². The molecule has 0 spiro atoms. The van der Waals surface area contributed by atoms with Gasteiger partial charge in [-0.3, -0.25) is 5.43 Å². The lowest BCUT2D eigenvalue weighted by Gasteiger charge is -2.32. The number of piperazine rings is 1. The maximum Gasteiger partial charge on any atom is 0.198 e. The second-order valence-electron chi connectivity index (χ2n) is 4.39. The topological polar surface area (TPSA) is 31.4 Å². The lowest BCUT2D eigenvalue weighted by Crippen LogP contribution is -2.46. The number of nitrogens with zero attached hydrogens (tertiary/aromatic N) is 3. The van der Waals surface area contributed by atoms with E-state index in [4.69, 9.17) is 0 Å². The molecule has 0 bridgehead atoms. The first kappa shape index (κ1) is 11.0. The quantitative estimate of drug-likeness (QED) is 0.879. The summed E-state index contributed by atoms with van der Waals surface area (Å²) in [6.07, 6.45) is 0. The minimum atomic E-state index is 0.996. The molecular formula is C12H16N4S. The molecule has 5 heteroatoms. The summed E-state index contributed by atoms with van der Waals surface area (Å²) in [5.74, 6) is 0. The normalized spacial score (nSPS) is 18.6. The van der Waals surface area contributed by atoms with E-state index in [2.05, 4.69) is 45.6 Å². The number of likely N-dealkylation sites (N-methyl/N-ethyl adjacent to an activating group) is 1. The molecule has 0 amide bonds. The Hall–Kier alpha value is -1.17. The number of hydrogen-bond donors (Lipinski definition) is 1. The van der Waals surface area contributed by atoms with Crippen LogP contribution in [0.2, 0.25) is 0 Å². The molecule has 1 N–H and O–H groups in total. The Bertz CT molecular complexity index is 469. The first-order valence-electron chi connectivity index (χ1n) is 5.87. The monoisotopic (exact) mass is 248 g/mol. The molecule has 1 aliphatic heterocycles. The van der Waals surface area contributed by atoms with Crippen molar-refractivity contribution in [3.63, 3.8) is 0 Å². The van der Waals surface area contributed by atoms with E-state index in [0.717, 1.165) is 36.8 Å². The second-order valence-corrected chi connectivity index (χ2v) is 5.42. The number of fused-ring (bicyclic) bond motifs is 1. The number of para-hydroxylation sites is 1. The number of rotatable bonds is 2. The summed E-state index contributed by atoms with van der Waals surface area (Å²) < 4.78 is 1.24. The molecule has 1 saturated heterocycles. The molecule has 17 heavy (non-hydrogen) atoms. The van der Waals surface area contributed by atoms with Gasteiger partial charge in [0, 0.05) is 26.2 Å². The van der Waals surface area contributed by atoms with E-state index in [0.29, 0.717) is 0 Å². The smallest absolute Gasteiger partial charge is 0.198 e. The van der Waals surface area contributed by atoms with Crippen molar-refractivity contribution in [3.05, 3.63) is 24.3 Å². The summed E-state index contributed by atoms with van der Waals surface area (Å²) >= 11 is 1.71. The predicted octanol–water partition coefficient (Wildman–Crippen LogP) is 1.87. The Morgan fingerprint density at radius 3 is 2.71 bits per heavy atom. The predicted molar refractivity (Wildman–Crippen MR) is 72.3 cm³/mol. The molecule has 0 saturated carbocycles. The number of benzene rings is 1. The molecular weight excluding hydrogens is 232 g/mol. The number of hydrogen-bond acceptors (Lipinski definition) is 5. The van der Waals surface area contributed by atoms with Crippen molar-refractivity contribution in [2.75, 3.05) is 38.7 Å². The fourth-order valence-corrected chi connectivity index (χ4v) is 2.87. The van der Waals surface area contributed by atoms with E-state index in [1.807, 2.05) is 6.07 Å². The first-order chi connectivity index (χ1) is 8.31. The van der Waals surface area contributed by atoms with Crippen LogP contribution in [0.4, 0.5) is 5.13 Å². The third-order valence-electron chi connectivity index (χ3n) is 3.05. The molecule has 1 aromatic carbocycles. The van der Waals surface area contributed by atoms with Gasteiger partial charge in [0.15, 0.2) is 5.13 Å². The van der Waals surface area contributed by atoms with Crippen LogP contribution < -0.4 is 5.43 Å². The van der Waals surface area contributed by atoms with Gasteiger partial charge in [0.05, 0.1) is 10.2 Å². The van der Waals surface area contributed by atoms with Gasteiger partial charge in [-0.25, -0.2) is 9.99 Å². The molecule has 90 valence electrons. The van der Waals surface area contributed by atoms with E-state index >= 15 is 0 Å². The largest absolute Gasteiger partial charge is 0.304 e. The molecule has 4 nitrogen and oxygen atoms in total. The molecule has 2 heterocycles. The summed E-state index contributed by atoms with van der Waals surface area (Å²) in [5, 5.41) is 3.24. The zero-order chi connectivity index (χ0) is 11.7. The van der Waals surface area contributed by atoms with Crippen LogP contribution in [0.5, 0.6) is 0 Å². The van der Waals surface area contributed by atoms with Crippen LogP contribution in [0.25, 0.3) is 10.2 Å². The highest BCUT2D eigenvalue weighted by Crippen LogP contribution is 2.25. The van der Waals surface area contributed by atoms with Gasteiger partial charge in [-0.2, -0.15) is 0 Å². The van der Waals surface area contributed by atoms with E-state index < -0.39 is 0 Å². The molecule has 3 rings (SSSR count). The SMILES string of the molecule is CN1CCN(Nc2nc3ccccc3s2)CC1. The van der Waals surface area contributed by atoms with E-state index in [-0.39, 0.29) is 0 Å². The molecule has 2 aromatic rings. The lowest BCUT2D eigenvalue weighted by molar-refractivity contribution is 0.179. The van der Waals surface area contributed by atoms with Gasteiger partial charge in [0.1, 0.15) is 0 Å². The summed E-state index contributed by atoms with van der Waals surface area (Å²) in [6.45, 7) is 4.31. The first-order valence-corrected chi connectivity index (χ1v) is 6.69. The zero-order valence-electron chi connectivity index (χ0n) is 9.89. The fourth-order valence-electron chi connectivity index (χ4n) is 1.97. The van der Waals surface area contributed by atoms with Gasteiger partial charge in [-0.15, -0.1) is 0 Å². The van der Waals surface area contributed by atoms with Crippen LogP contribution >= 0.6 is 11.3 Å². The maximum absolute atomic E-state index is 4.58. The van der Waals surface area contributed by atoms with E-state index in [1.54, 1.807) is 11.3 Å². The minimum Gasteiger partial charge on any atom is -0.304 e. The number of nitrogens with one attached hydrogen (secondary N) is 1. The van der Waals surface area contributed by atoms with Gasteiger partial charge in [0.2, 0.25) is 0 Å². The Balaban J connectivity index is 1.72. The highest BCUT2D eigenvalue weighted by atomic mass is 32.1. The summed E-state index contributed by atoms with van der Waals surface area (Å²) in [6, 6.07) is 8.25. The molecule has 0 atom stereocenters. The minimum absolute atomic E-state index is 0.996. The van der Waals surface area contributed by atoms with Crippen molar-refractivity contribution in [1.82, 2.24) is 14.9 Å². The van der Waals surface area contributed by atoms with Crippen molar-refractivity contribution < 1.29 is 0 Å². The third-order valence-corrected chi connectivity index (χ3v) is 3.99. The van der Waals surface area contributed by atoms with Gasteiger partial charge >= 0.3 is 0 Å². The summed E-state index contributed by atoms with van der Waals surface area (Å²) in [5.41, 5.74) is 4.48. The molecule has 0 unspecified atom stereocenters. The Labute approximate surface area is 105 Å². The van der Waals surface area contributed by atoms with Crippen LogP contribution in [-0.2, 0) is 0 Å². The van der Waals surface area contributed by atoms with Crippen molar-refractivity contribution in [3.8, 4) is 0 Å². The third kappa shape index (κ3) is 2.41. The molecule has 0 aliphatic carbocycles. The fraction of sp³-hybridized carbons (Fsp3) is 0.417. The Morgan fingerprint density at radius 1 is 1.18 bits per heavy atom. The maximum atomic E-state index is 4.58. The van der Waals surface area contributed by atoms with Crippen LogP contribution in [0.3, 0.4) is 0 Å². The van der Waals surface area contributed by atoms with Crippen LogP contribution in [0.15, 0.2) is 24.3 Å². The van der Waals surface area contributed by atoms with Crippen LogP contribution in [0, 0.1) is 0 Å². The Morgan fingerprint density at radius 2 is 1.94 bits per heavy atom. The number of thiazole rings is 1. The molecule has 1 aromatic heterocycles. The van der Waals surface area contributed by atoms with Crippen LogP contribution in [-0.4, -0.2) is 48.1 Å². The average Bonchev–Trinajstić information content (AvgIpc) is 2.74. The molecule has 0 radical (unpaired) electrons. The van der Waals surface area contributed by atoms with Crippen molar-refractivity contribution >= 4 is 26.7 Å². The standard InChI is InChI=1S/C12H16N4S/c1-15-6-8-16(9-7-15)14-12-13-10-4-2-3-5-11(10)17-12/h2-5H,6-9H2,1H3,(H,13,14). The molecule has 1 fully saturated rings. The van der Waals surface area contributed by atoms with Crippen molar-refractivity contribution in [2.45, 2.75) is 0 Å². The van der Waals surface area contributed by atoms with Crippen molar-refractivity contribution in [1.29, 1.82) is 0 Å². The number of hydrazine groups is 1. The van der Waals surface area contributed by atoms with Crippen molar-refractivity contribution in [2.24, 2.45) is 0 Å². The zero-order valence-corrected chi connectivity index (χ0v) is 10.7. The van der Waals surface area contributed by atoms with Gasteiger partial charge < -0.3 is 4.90 Å². The average molecular weight is 248 g/mol. The van der Waals surface area contributed by atoms with Gasteiger partial charge in [-0.05, 0) is 19.2 Å². The van der Waals surface area contributed by atoms with E-state index in [9.17, 15) is 0 Å². The molecule has 1 aliphatic rings. The number of aromatic nitrogens is 1. The van der Waals surface area contributed by atoms with Gasteiger partial charge in [0.25, 0.3) is 0 Å². The second kappa shape index (κ2) is 4.60. The Kier molecular flexibility index (Phi) is 2.96. The highest BCUT2D eigenvalue weighted by Gasteiger charge is 2.14. The van der Waals surface area contributed by atoms with Crippen LogP contribution in [0.1, 0.15) is 0 Å². The number of anilines is 1.